The highest BCUT2D eigenvalue weighted by Crippen LogP contribution is 2.15. The van der Waals surface area contributed by atoms with E-state index < -0.39 is 0 Å². The minimum absolute atomic E-state index is 0.0446. The van der Waals surface area contributed by atoms with Gasteiger partial charge < -0.3 is 9.64 Å². The Balaban J connectivity index is 2.21. The number of hydrogen-bond donors (Lipinski definition) is 0. The van der Waals surface area contributed by atoms with Crippen molar-refractivity contribution in [1.29, 1.82) is 0 Å². The number of rotatable bonds is 1. The Hall–Kier alpha value is -0.440. The van der Waals surface area contributed by atoms with Gasteiger partial charge in [-0.3, -0.25) is 0 Å². The molecule has 0 aromatic rings. The molecule has 0 saturated carbocycles. The van der Waals surface area contributed by atoms with Crippen LogP contribution in [-0.2, 0) is 4.74 Å². The van der Waals surface area contributed by atoms with Gasteiger partial charge in [0.1, 0.15) is 0 Å². The summed E-state index contributed by atoms with van der Waals surface area (Å²) in [5.41, 5.74) is 0. The van der Waals surface area contributed by atoms with Gasteiger partial charge in [-0.25, -0.2) is 4.79 Å². The lowest BCUT2D eigenvalue weighted by atomic mass is 10.2. The van der Waals surface area contributed by atoms with Gasteiger partial charge in [0.15, 0.2) is 0 Å². The first-order valence-electron chi connectivity index (χ1n) is 3.69. The van der Waals surface area contributed by atoms with Gasteiger partial charge in [0.05, 0.1) is 11.5 Å². The summed E-state index contributed by atoms with van der Waals surface area (Å²) in [5, 5.41) is 0.120. The lowest BCUT2D eigenvalue weighted by molar-refractivity contribution is 0.0601. The Morgan fingerprint density at radius 1 is 1.64 bits per heavy atom. The van der Waals surface area contributed by atoms with Crippen LogP contribution in [0.2, 0.25) is 0 Å². The van der Waals surface area contributed by atoms with Crippen molar-refractivity contribution >= 4 is 17.7 Å². The molecule has 1 aliphatic rings. The van der Waals surface area contributed by atoms with Crippen LogP contribution in [-0.4, -0.2) is 35.6 Å². The zero-order valence-electron chi connectivity index (χ0n) is 6.71. The van der Waals surface area contributed by atoms with E-state index in [2.05, 4.69) is 0 Å². The topological polar surface area (TPSA) is 29.5 Å². The van der Waals surface area contributed by atoms with E-state index in [4.69, 9.17) is 16.3 Å². The van der Waals surface area contributed by atoms with Crippen molar-refractivity contribution in [3.63, 3.8) is 0 Å². The Labute approximate surface area is 71.3 Å². The highest BCUT2D eigenvalue weighted by Gasteiger charge is 2.30. The average molecular weight is 178 g/mol. The van der Waals surface area contributed by atoms with Crippen LogP contribution in [0.5, 0.6) is 0 Å². The first kappa shape index (κ1) is 8.65. The Kier molecular flexibility index (Phi) is 2.60. The number of carbonyl (C=O) groups excluding carboxylic acids is 1. The van der Waals surface area contributed by atoms with Gasteiger partial charge in [0.25, 0.3) is 0 Å². The van der Waals surface area contributed by atoms with Crippen molar-refractivity contribution in [3.05, 3.63) is 0 Å². The molecule has 0 aromatic carbocycles. The fraction of sp³-hybridized carbons (Fsp3) is 0.857. The van der Waals surface area contributed by atoms with Crippen molar-refractivity contribution in [2.75, 3.05) is 13.1 Å². The largest absolute Gasteiger partial charge is 0.447 e. The van der Waals surface area contributed by atoms with Crippen LogP contribution in [0, 0.1) is 0 Å². The van der Waals surface area contributed by atoms with Crippen LogP contribution in [0.1, 0.15) is 13.8 Å². The van der Waals surface area contributed by atoms with Gasteiger partial charge in [0, 0.05) is 13.1 Å². The zero-order valence-corrected chi connectivity index (χ0v) is 7.47. The number of halogens is 1. The first-order valence-corrected chi connectivity index (χ1v) is 4.13. The lowest BCUT2D eigenvalue weighted by Gasteiger charge is -2.34. The molecule has 1 rings (SSSR count). The second-order valence-corrected chi connectivity index (χ2v) is 3.55. The molecule has 3 nitrogen and oxygen atoms in total. The third-order valence-corrected chi connectivity index (χ3v) is 1.71. The molecule has 0 aromatic heterocycles. The Bertz CT molecular complexity index is 155. The smallest absolute Gasteiger partial charge is 0.410 e. The van der Waals surface area contributed by atoms with Crippen LogP contribution >= 0.6 is 11.6 Å². The van der Waals surface area contributed by atoms with Crippen molar-refractivity contribution in [3.8, 4) is 0 Å². The van der Waals surface area contributed by atoms with Crippen molar-refractivity contribution in [2.45, 2.75) is 25.3 Å². The molecule has 1 saturated heterocycles. The monoisotopic (exact) mass is 177 g/mol. The van der Waals surface area contributed by atoms with Crippen molar-refractivity contribution < 1.29 is 9.53 Å². The normalized spacial score (nSPS) is 18.4. The van der Waals surface area contributed by atoms with E-state index in [0.717, 1.165) is 0 Å². The van der Waals surface area contributed by atoms with Crippen LogP contribution in [0.4, 0.5) is 4.79 Å². The minimum atomic E-state index is -0.253. The summed E-state index contributed by atoms with van der Waals surface area (Å²) in [6.45, 7) is 4.89. The molecule has 0 unspecified atom stereocenters. The van der Waals surface area contributed by atoms with Crippen molar-refractivity contribution in [1.82, 2.24) is 4.90 Å². The highest BCUT2D eigenvalue weighted by atomic mass is 35.5. The third kappa shape index (κ3) is 2.26. The number of ether oxygens (including phenoxy) is 1. The predicted molar refractivity (Wildman–Crippen MR) is 42.8 cm³/mol. The molecule has 1 fully saturated rings. The highest BCUT2D eigenvalue weighted by molar-refractivity contribution is 6.21. The summed E-state index contributed by atoms with van der Waals surface area (Å²) in [6.07, 6.45) is -0.297. The number of carbonyl (C=O) groups is 1. The standard InChI is InChI=1S/C7H12ClNO2/c1-5(2)11-7(10)9-3-6(8)4-9/h5-6H,3-4H2,1-2H3. The van der Waals surface area contributed by atoms with Crippen LogP contribution in [0.25, 0.3) is 0 Å². The predicted octanol–water partition coefficient (Wildman–Crippen LogP) is 1.45. The molecule has 0 bridgehead atoms. The molecule has 0 atom stereocenters. The first-order chi connectivity index (χ1) is 5.09. The average Bonchev–Trinajstić information content (AvgIpc) is 1.79. The Morgan fingerprint density at radius 2 is 2.18 bits per heavy atom. The molecule has 1 heterocycles. The van der Waals surface area contributed by atoms with Crippen LogP contribution < -0.4 is 0 Å². The maximum atomic E-state index is 11.0. The number of amides is 1. The van der Waals surface area contributed by atoms with Gasteiger partial charge >= 0.3 is 6.09 Å². The summed E-state index contributed by atoms with van der Waals surface area (Å²) >= 11 is 5.67. The molecular formula is C7H12ClNO2. The van der Waals surface area contributed by atoms with Gasteiger partial charge in [-0.15, -0.1) is 11.6 Å². The van der Waals surface area contributed by atoms with E-state index in [-0.39, 0.29) is 17.6 Å². The minimum Gasteiger partial charge on any atom is -0.447 e. The second kappa shape index (κ2) is 3.30. The molecular weight excluding hydrogens is 166 g/mol. The number of nitrogens with zero attached hydrogens (tertiary/aromatic N) is 1. The molecule has 0 spiro atoms. The number of likely N-dealkylation sites (tertiary alicyclic amines) is 1. The molecule has 1 amide bonds. The summed E-state index contributed by atoms with van der Waals surface area (Å²) < 4.78 is 4.93. The van der Waals surface area contributed by atoms with E-state index >= 15 is 0 Å². The summed E-state index contributed by atoms with van der Waals surface area (Å²) in [7, 11) is 0. The molecule has 11 heavy (non-hydrogen) atoms. The fourth-order valence-corrected chi connectivity index (χ4v) is 1.18. The summed E-state index contributed by atoms with van der Waals surface area (Å²) in [4.78, 5) is 12.6. The molecule has 64 valence electrons. The van der Waals surface area contributed by atoms with E-state index in [9.17, 15) is 4.79 Å². The van der Waals surface area contributed by atoms with Crippen molar-refractivity contribution in [2.24, 2.45) is 0 Å². The number of hydrogen-bond acceptors (Lipinski definition) is 2. The van der Waals surface area contributed by atoms with E-state index in [1.807, 2.05) is 13.8 Å². The Morgan fingerprint density at radius 3 is 2.55 bits per heavy atom. The van der Waals surface area contributed by atoms with Crippen LogP contribution in [0.15, 0.2) is 0 Å². The maximum Gasteiger partial charge on any atom is 0.410 e. The molecule has 0 aliphatic carbocycles. The van der Waals surface area contributed by atoms with Gasteiger partial charge in [-0.05, 0) is 13.8 Å². The van der Waals surface area contributed by atoms with Gasteiger partial charge in [0.2, 0.25) is 0 Å². The second-order valence-electron chi connectivity index (χ2n) is 2.93. The van der Waals surface area contributed by atoms with Gasteiger partial charge in [-0.2, -0.15) is 0 Å². The lowest BCUT2D eigenvalue weighted by Crippen LogP contribution is -2.51. The SMILES string of the molecule is CC(C)OC(=O)N1CC(Cl)C1. The molecule has 4 heteroatoms. The molecule has 0 radical (unpaired) electrons. The zero-order chi connectivity index (χ0) is 8.43. The molecule has 0 N–H and O–H groups in total. The fourth-order valence-electron chi connectivity index (χ4n) is 0.850. The van der Waals surface area contributed by atoms with Gasteiger partial charge in [-0.1, -0.05) is 0 Å². The summed E-state index contributed by atoms with van der Waals surface area (Å²) in [6, 6.07) is 0. The van der Waals surface area contributed by atoms with E-state index in [1.54, 1.807) is 4.90 Å². The van der Waals surface area contributed by atoms with E-state index in [0.29, 0.717) is 13.1 Å². The molecule has 1 aliphatic heterocycles. The van der Waals surface area contributed by atoms with Crippen LogP contribution in [0.3, 0.4) is 0 Å². The third-order valence-electron chi connectivity index (χ3n) is 1.43. The quantitative estimate of drug-likeness (QED) is 0.568. The number of alkyl halides is 1. The maximum absolute atomic E-state index is 11.0. The summed E-state index contributed by atoms with van der Waals surface area (Å²) in [5.74, 6) is 0. The van der Waals surface area contributed by atoms with E-state index in [1.165, 1.54) is 0 Å².